The zero-order valence-electron chi connectivity index (χ0n) is 15.2. The highest BCUT2D eigenvalue weighted by atomic mass is 19.1. The summed E-state index contributed by atoms with van der Waals surface area (Å²) < 4.78 is 13.6. The number of aromatic nitrogens is 1. The fourth-order valence-electron chi connectivity index (χ4n) is 3.05. The molecule has 0 aliphatic carbocycles. The molecule has 1 fully saturated rings. The zero-order chi connectivity index (χ0) is 19.9. The van der Waals surface area contributed by atoms with E-state index in [2.05, 4.69) is 15.6 Å². The van der Waals surface area contributed by atoms with Crippen LogP contribution < -0.4 is 10.6 Å². The van der Waals surface area contributed by atoms with Crippen LogP contribution in [0.25, 0.3) is 0 Å². The molecule has 0 bridgehead atoms. The lowest BCUT2D eigenvalue weighted by Crippen LogP contribution is -2.49. The Morgan fingerprint density at radius 3 is 2.50 bits per heavy atom. The number of carbonyl (C=O) groups is 3. The van der Waals surface area contributed by atoms with Gasteiger partial charge in [0.15, 0.2) is 0 Å². The minimum Gasteiger partial charge on any atom is -0.349 e. The van der Waals surface area contributed by atoms with Crippen molar-refractivity contribution in [3.63, 3.8) is 0 Å². The fourth-order valence-corrected chi connectivity index (χ4v) is 3.05. The fraction of sp³-hybridized carbons (Fsp3) is 0.300. The van der Waals surface area contributed by atoms with E-state index in [0.29, 0.717) is 31.5 Å². The summed E-state index contributed by atoms with van der Waals surface area (Å²) in [6, 6.07) is 8.99. The molecule has 0 radical (unpaired) electrons. The standard InChI is InChI=1S/C20H21FN4O3/c21-17-6-2-1-5-16(17)20(28)23-13-18(26)25-10-7-15(8-11-25)24-19(27)14-4-3-9-22-12-14/h1-6,9,12,15H,7-8,10-11,13H2,(H,23,28)(H,24,27). The normalized spacial score (nSPS) is 14.4. The predicted molar refractivity (Wildman–Crippen MR) is 100 cm³/mol. The minimum absolute atomic E-state index is 0.0234. The second kappa shape index (κ2) is 9.07. The largest absolute Gasteiger partial charge is 0.349 e. The highest BCUT2D eigenvalue weighted by molar-refractivity contribution is 5.96. The maximum atomic E-state index is 13.6. The first-order valence-corrected chi connectivity index (χ1v) is 9.06. The lowest BCUT2D eigenvalue weighted by molar-refractivity contribution is -0.131. The number of piperidine rings is 1. The third-order valence-corrected chi connectivity index (χ3v) is 4.63. The lowest BCUT2D eigenvalue weighted by atomic mass is 10.0. The van der Waals surface area contributed by atoms with Gasteiger partial charge in [0.1, 0.15) is 5.82 Å². The van der Waals surface area contributed by atoms with Gasteiger partial charge in [-0.25, -0.2) is 4.39 Å². The Balaban J connectivity index is 1.43. The second-order valence-corrected chi connectivity index (χ2v) is 6.53. The van der Waals surface area contributed by atoms with Crippen LogP contribution >= 0.6 is 0 Å². The summed E-state index contributed by atoms with van der Waals surface area (Å²) in [5.41, 5.74) is 0.406. The van der Waals surface area contributed by atoms with Crippen molar-refractivity contribution in [2.75, 3.05) is 19.6 Å². The number of amides is 3. The van der Waals surface area contributed by atoms with E-state index >= 15 is 0 Å². The monoisotopic (exact) mass is 384 g/mol. The average molecular weight is 384 g/mol. The van der Waals surface area contributed by atoms with Crippen LogP contribution in [-0.4, -0.2) is 53.3 Å². The number of hydrogen-bond donors (Lipinski definition) is 2. The molecule has 1 aliphatic heterocycles. The van der Waals surface area contributed by atoms with Crippen molar-refractivity contribution in [2.24, 2.45) is 0 Å². The number of nitrogens with zero attached hydrogens (tertiary/aromatic N) is 2. The van der Waals surface area contributed by atoms with E-state index in [-0.39, 0.29) is 30.0 Å². The van der Waals surface area contributed by atoms with E-state index in [1.165, 1.54) is 24.4 Å². The smallest absolute Gasteiger partial charge is 0.254 e. The van der Waals surface area contributed by atoms with E-state index in [9.17, 15) is 18.8 Å². The Morgan fingerprint density at radius 1 is 1.07 bits per heavy atom. The molecule has 1 aromatic heterocycles. The first-order chi connectivity index (χ1) is 13.5. The molecule has 8 heteroatoms. The Bertz CT molecular complexity index is 852. The van der Waals surface area contributed by atoms with E-state index in [4.69, 9.17) is 0 Å². The van der Waals surface area contributed by atoms with E-state index in [1.54, 1.807) is 29.3 Å². The van der Waals surface area contributed by atoms with Crippen molar-refractivity contribution in [1.82, 2.24) is 20.5 Å². The molecule has 7 nitrogen and oxygen atoms in total. The summed E-state index contributed by atoms with van der Waals surface area (Å²) in [6.07, 6.45) is 4.36. The second-order valence-electron chi connectivity index (χ2n) is 6.53. The van der Waals surface area contributed by atoms with Gasteiger partial charge in [-0.2, -0.15) is 0 Å². The van der Waals surface area contributed by atoms with Crippen LogP contribution in [0.3, 0.4) is 0 Å². The first-order valence-electron chi connectivity index (χ1n) is 9.06. The maximum Gasteiger partial charge on any atom is 0.254 e. The molecule has 1 aromatic carbocycles. The number of rotatable bonds is 5. The number of nitrogens with one attached hydrogen (secondary N) is 2. The number of likely N-dealkylation sites (tertiary alicyclic amines) is 1. The third-order valence-electron chi connectivity index (χ3n) is 4.63. The van der Waals surface area contributed by atoms with Gasteiger partial charge in [0, 0.05) is 31.5 Å². The number of carbonyl (C=O) groups excluding carboxylic acids is 3. The lowest BCUT2D eigenvalue weighted by Gasteiger charge is -2.32. The summed E-state index contributed by atoms with van der Waals surface area (Å²) in [7, 11) is 0. The van der Waals surface area contributed by atoms with Crippen LogP contribution in [0.15, 0.2) is 48.8 Å². The van der Waals surface area contributed by atoms with Gasteiger partial charge in [0.25, 0.3) is 11.8 Å². The van der Waals surface area contributed by atoms with Crippen molar-refractivity contribution < 1.29 is 18.8 Å². The summed E-state index contributed by atoms with van der Waals surface area (Å²) in [4.78, 5) is 42.0. The van der Waals surface area contributed by atoms with E-state index in [1.807, 2.05) is 0 Å². The number of benzene rings is 1. The number of pyridine rings is 1. The molecule has 3 amide bonds. The molecule has 3 rings (SSSR count). The molecule has 0 unspecified atom stereocenters. The van der Waals surface area contributed by atoms with E-state index in [0.717, 1.165) is 0 Å². The summed E-state index contributed by atoms with van der Waals surface area (Å²) in [6.45, 7) is 0.763. The average Bonchev–Trinajstić information content (AvgIpc) is 2.73. The van der Waals surface area contributed by atoms with Gasteiger partial charge in [0.2, 0.25) is 5.91 Å². The van der Waals surface area contributed by atoms with Gasteiger partial charge in [0.05, 0.1) is 17.7 Å². The van der Waals surface area contributed by atoms with Crippen molar-refractivity contribution >= 4 is 17.7 Å². The van der Waals surface area contributed by atoms with Crippen molar-refractivity contribution in [3.8, 4) is 0 Å². The van der Waals surface area contributed by atoms with Gasteiger partial charge < -0.3 is 15.5 Å². The predicted octanol–water partition coefficient (Wildman–Crippen LogP) is 1.37. The van der Waals surface area contributed by atoms with Crippen LogP contribution in [0.1, 0.15) is 33.6 Å². The molecule has 0 spiro atoms. The van der Waals surface area contributed by atoms with Crippen molar-refractivity contribution in [3.05, 3.63) is 65.7 Å². The van der Waals surface area contributed by atoms with Crippen molar-refractivity contribution in [1.29, 1.82) is 0 Å². The van der Waals surface area contributed by atoms with Crippen LogP contribution in [0.4, 0.5) is 4.39 Å². The Hall–Kier alpha value is -3.29. The zero-order valence-corrected chi connectivity index (χ0v) is 15.2. The molecule has 0 atom stereocenters. The number of halogens is 1. The third kappa shape index (κ3) is 4.91. The Kier molecular flexibility index (Phi) is 6.31. The molecule has 1 aliphatic rings. The molecule has 2 aromatic rings. The van der Waals surface area contributed by atoms with Crippen LogP contribution in [0.2, 0.25) is 0 Å². The van der Waals surface area contributed by atoms with Gasteiger partial charge in [-0.1, -0.05) is 12.1 Å². The summed E-state index contributed by atoms with van der Waals surface area (Å²) in [5, 5.41) is 5.40. The molecular weight excluding hydrogens is 363 g/mol. The molecule has 146 valence electrons. The highest BCUT2D eigenvalue weighted by Crippen LogP contribution is 2.12. The Morgan fingerprint density at radius 2 is 1.82 bits per heavy atom. The molecule has 2 heterocycles. The SMILES string of the molecule is O=C(NC1CCN(C(=O)CNC(=O)c2ccccc2F)CC1)c1cccnc1. The topological polar surface area (TPSA) is 91.4 Å². The minimum atomic E-state index is -0.627. The van der Waals surface area contributed by atoms with Gasteiger partial charge in [-0.15, -0.1) is 0 Å². The van der Waals surface area contributed by atoms with Crippen LogP contribution in [0, 0.1) is 5.82 Å². The molecule has 28 heavy (non-hydrogen) atoms. The van der Waals surface area contributed by atoms with Crippen LogP contribution in [0.5, 0.6) is 0 Å². The quantitative estimate of drug-likeness (QED) is 0.815. The highest BCUT2D eigenvalue weighted by Gasteiger charge is 2.24. The molecule has 0 saturated carbocycles. The Labute approximate surface area is 161 Å². The van der Waals surface area contributed by atoms with Gasteiger partial charge >= 0.3 is 0 Å². The maximum absolute atomic E-state index is 13.6. The number of hydrogen-bond acceptors (Lipinski definition) is 4. The van der Waals surface area contributed by atoms with Gasteiger partial charge in [-0.05, 0) is 37.1 Å². The summed E-state index contributed by atoms with van der Waals surface area (Å²) >= 11 is 0. The first kappa shape index (κ1) is 19.5. The molecule has 1 saturated heterocycles. The van der Waals surface area contributed by atoms with Gasteiger partial charge in [-0.3, -0.25) is 19.4 Å². The molecular formula is C20H21FN4O3. The van der Waals surface area contributed by atoms with E-state index < -0.39 is 11.7 Å². The van der Waals surface area contributed by atoms with Crippen LogP contribution in [-0.2, 0) is 4.79 Å². The summed E-state index contributed by atoms with van der Waals surface area (Å²) in [5.74, 6) is -1.67. The van der Waals surface area contributed by atoms with Crippen molar-refractivity contribution in [2.45, 2.75) is 18.9 Å². The molecule has 2 N–H and O–H groups in total.